The molecule has 1 unspecified atom stereocenters. The van der Waals surface area contributed by atoms with Crippen LogP contribution in [-0.4, -0.2) is 26.2 Å². The van der Waals surface area contributed by atoms with E-state index in [0.717, 1.165) is 28.5 Å². The van der Waals surface area contributed by atoms with Crippen molar-refractivity contribution in [3.63, 3.8) is 0 Å². The van der Waals surface area contributed by atoms with Gasteiger partial charge in [0.05, 0.1) is 12.6 Å². The molecule has 2 rings (SSSR count). The lowest BCUT2D eigenvalue weighted by Crippen LogP contribution is -2.23. The molecule has 4 nitrogen and oxygen atoms in total. The second kappa shape index (κ2) is 7.80. The molecule has 0 heterocycles. The Bertz CT molecular complexity index is 639. The summed E-state index contributed by atoms with van der Waals surface area (Å²) in [5.74, 6) is 0.808. The first-order valence-electron chi connectivity index (χ1n) is 7.53. The van der Waals surface area contributed by atoms with Crippen LogP contribution in [0.15, 0.2) is 36.4 Å². The minimum absolute atomic E-state index is 0.0310. The number of nitrogens with one attached hydrogen (secondary N) is 1. The van der Waals surface area contributed by atoms with E-state index >= 15 is 0 Å². The molecule has 1 N–H and O–H groups in total. The van der Waals surface area contributed by atoms with E-state index in [1.165, 1.54) is 6.92 Å². The number of hydrogen-bond acceptors (Lipinski definition) is 3. The van der Waals surface area contributed by atoms with Gasteiger partial charge in [0.2, 0.25) is 5.91 Å². The predicted molar refractivity (Wildman–Crippen MR) is 88.2 cm³/mol. The summed E-state index contributed by atoms with van der Waals surface area (Å²) in [4.78, 5) is 11.3. The van der Waals surface area contributed by atoms with Crippen molar-refractivity contribution in [2.45, 2.75) is 26.3 Å². The van der Waals surface area contributed by atoms with Crippen molar-refractivity contribution in [1.82, 2.24) is 5.32 Å². The molecule has 0 aromatic heterocycles. The highest BCUT2D eigenvalue weighted by atomic mass is 16.5. The molecule has 2 aromatic rings. The first kappa shape index (κ1) is 16.3. The van der Waals surface area contributed by atoms with Crippen LogP contribution in [0.3, 0.4) is 0 Å². The maximum Gasteiger partial charge on any atom is 0.217 e. The van der Waals surface area contributed by atoms with Crippen molar-refractivity contribution in [3.8, 4) is 5.75 Å². The Morgan fingerprint density at radius 3 is 2.77 bits per heavy atom. The molecule has 1 atom stereocenters. The predicted octanol–water partition coefficient (Wildman–Crippen LogP) is 3.45. The molecule has 2 aromatic carbocycles. The topological polar surface area (TPSA) is 47.6 Å². The highest BCUT2D eigenvalue weighted by Crippen LogP contribution is 2.28. The van der Waals surface area contributed by atoms with Gasteiger partial charge in [-0.1, -0.05) is 24.3 Å². The molecule has 1 amide bonds. The van der Waals surface area contributed by atoms with Crippen molar-refractivity contribution < 1.29 is 14.3 Å². The highest BCUT2D eigenvalue weighted by Gasteiger charge is 2.11. The molecule has 0 radical (unpaired) electrons. The van der Waals surface area contributed by atoms with Crippen LogP contribution in [0.25, 0.3) is 10.8 Å². The minimum atomic E-state index is -0.0371. The van der Waals surface area contributed by atoms with Gasteiger partial charge >= 0.3 is 0 Å². The summed E-state index contributed by atoms with van der Waals surface area (Å²) in [6.07, 6.45) is 0.860. The third-order valence-corrected chi connectivity index (χ3v) is 3.54. The molecule has 0 bridgehead atoms. The van der Waals surface area contributed by atoms with E-state index in [2.05, 4.69) is 11.4 Å². The van der Waals surface area contributed by atoms with Crippen molar-refractivity contribution in [3.05, 3.63) is 42.0 Å². The first-order valence-corrected chi connectivity index (χ1v) is 7.53. The molecule has 0 fully saturated rings. The van der Waals surface area contributed by atoms with E-state index in [1.807, 2.05) is 37.3 Å². The first-order chi connectivity index (χ1) is 10.6. The summed E-state index contributed by atoms with van der Waals surface area (Å²) >= 11 is 0. The van der Waals surface area contributed by atoms with Gasteiger partial charge in [0.25, 0.3) is 0 Å². The van der Waals surface area contributed by atoms with Gasteiger partial charge in [-0.3, -0.25) is 4.79 Å². The molecule has 118 valence electrons. The summed E-state index contributed by atoms with van der Waals surface area (Å²) in [6, 6.07) is 12.1. The zero-order chi connectivity index (χ0) is 15.9. The van der Waals surface area contributed by atoms with Crippen molar-refractivity contribution in [2.24, 2.45) is 0 Å². The average Bonchev–Trinajstić information content (AvgIpc) is 2.50. The molecule has 0 aliphatic carbocycles. The van der Waals surface area contributed by atoms with Gasteiger partial charge < -0.3 is 14.8 Å². The van der Waals surface area contributed by atoms with Crippen molar-refractivity contribution >= 4 is 16.7 Å². The largest absolute Gasteiger partial charge is 0.493 e. The van der Waals surface area contributed by atoms with Gasteiger partial charge in [-0.25, -0.2) is 0 Å². The van der Waals surface area contributed by atoms with Crippen molar-refractivity contribution in [1.29, 1.82) is 0 Å². The van der Waals surface area contributed by atoms with E-state index in [9.17, 15) is 4.79 Å². The fraction of sp³-hybridized carbons (Fsp3) is 0.389. The molecule has 0 saturated carbocycles. The van der Waals surface area contributed by atoms with Gasteiger partial charge in [0.1, 0.15) is 5.75 Å². The monoisotopic (exact) mass is 301 g/mol. The fourth-order valence-corrected chi connectivity index (χ4v) is 2.52. The molecule has 4 heteroatoms. The Kier molecular flexibility index (Phi) is 5.78. The van der Waals surface area contributed by atoms with Crippen LogP contribution in [0, 0.1) is 0 Å². The number of rotatable bonds is 7. The van der Waals surface area contributed by atoms with Crippen LogP contribution in [0.2, 0.25) is 0 Å². The third kappa shape index (κ3) is 4.21. The van der Waals surface area contributed by atoms with Gasteiger partial charge in [-0.15, -0.1) is 0 Å². The number of fused-ring (bicyclic) bond motifs is 1. The zero-order valence-electron chi connectivity index (χ0n) is 13.4. The van der Waals surface area contributed by atoms with Crippen LogP contribution in [0.5, 0.6) is 5.75 Å². The summed E-state index contributed by atoms with van der Waals surface area (Å²) in [5.41, 5.74) is 1.09. The Morgan fingerprint density at radius 2 is 2.05 bits per heavy atom. The molecule has 0 spiro atoms. The molecule has 0 aliphatic heterocycles. The fourth-order valence-electron chi connectivity index (χ4n) is 2.52. The number of amides is 1. The molecular formula is C18H23NO3. The van der Waals surface area contributed by atoms with E-state index < -0.39 is 0 Å². The number of carbonyl (C=O) groups is 1. The zero-order valence-corrected chi connectivity index (χ0v) is 13.4. The molecular weight excluding hydrogens is 278 g/mol. The Hall–Kier alpha value is -2.07. The Morgan fingerprint density at radius 1 is 1.23 bits per heavy atom. The maximum absolute atomic E-state index is 11.3. The van der Waals surface area contributed by atoms with Gasteiger partial charge in [0, 0.05) is 27.1 Å². The third-order valence-electron chi connectivity index (χ3n) is 3.54. The second-order valence-corrected chi connectivity index (χ2v) is 5.35. The van der Waals surface area contributed by atoms with Crippen LogP contribution < -0.4 is 10.1 Å². The Labute approximate surface area is 131 Å². The van der Waals surface area contributed by atoms with Crippen LogP contribution in [0.1, 0.15) is 31.9 Å². The van der Waals surface area contributed by atoms with E-state index in [-0.39, 0.29) is 11.9 Å². The summed E-state index contributed by atoms with van der Waals surface area (Å²) in [5, 5.41) is 5.18. The van der Waals surface area contributed by atoms with Gasteiger partial charge in [-0.2, -0.15) is 0 Å². The lowest BCUT2D eigenvalue weighted by Gasteiger charge is -2.16. The second-order valence-electron chi connectivity index (χ2n) is 5.35. The highest BCUT2D eigenvalue weighted by molar-refractivity contribution is 5.88. The molecule has 22 heavy (non-hydrogen) atoms. The van der Waals surface area contributed by atoms with E-state index in [4.69, 9.17) is 9.47 Å². The van der Waals surface area contributed by atoms with Crippen LogP contribution in [-0.2, 0) is 9.53 Å². The number of methoxy groups -OCH3 is 1. The normalized spacial score (nSPS) is 12.1. The number of carbonyl (C=O) groups excluding carboxylic acids is 1. The average molecular weight is 301 g/mol. The van der Waals surface area contributed by atoms with Crippen LogP contribution >= 0.6 is 0 Å². The summed E-state index contributed by atoms with van der Waals surface area (Å²) < 4.78 is 10.8. The standard InChI is InChI=1S/C18H23NO3/c1-13(19-14(2)20)17-7-4-6-15-8-9-16(12-18(15)17)22-11-5-10-21-3/h4,6-9,12-13H,5,10-11H2,1-3H3,(H,19,20). The van der Waals surface area contributed by atoms with Gasteiger partial charge in [-0.05, 0) is 35.4 Å². The number of ether oxygens (including phenoxy) is 2. The Balaban J connectivity index is 2.23. The van der Waals surface area contributed by atoms with Crippen LogP contribution in [0.4, 0.5) is 0 Å². The summed E-state index contributed by atoms with van der Waals surface area (Å²) in [7, 11) is 1.69. The number of benzene rings is 2. The van der Waals surface area contributed by atoms with E-state index in [1.54, 1.807) is 7.11 Å². The minimum Gasteiger partial charge on any atom is -0.493 e. The molecule has 0 saturated heterocycles. The van der Waals surface area contributed by atoms with Crippen molar-refractivity contribution in [2.75, 3.05) is 20.3 Å². The lowest BCUT2D eigenvalue weighted by atomic mass is 9.99. The smallest absolute Gasteiger partial charge is 0.217 e. The summed E-state index contributed by atoms with van der Waals surface area (Å²) in [6.45, 7) is 4.84. The quantitative estimate of drug-likeness (QED) is 0.797. The molecule has 0 aliphatic rings. The van der Waals surface area contributed by atoms with E-state index in [0.29, 0.717) is 13.2 Å². The lowest BCUT2D eigenvalue weighted by molar-refractivity contribution is -0.119. The number of hydrogen-bond donors (Lipinski definition) is 1. The van der Waals surface area contributed by atoms with Gasteiger partial charge in [0.15, 0.2) is 0 Å². The maximum atomic E-state index is 11.3. The SMILES string of the molecule is COCCCOc1ccc2cccc(C(C)NC(C)=O)c2c1.